The average molecular weight is 409 g/mol. The molecule has 0 saturated heterocycles. The Kier molecular flexibility index (Phi) is 5.01. The number of hydrazone groups is 1. The molecule has 1 amide bonds. The number of hydrogen-bond donors (Lipinski definition) is 1. The van der Waals surface area contributed by atoms with Crippen LogP contribution in [0.1, 0.15) is 22.3 Å². The lowest BCUT2D eigenvalue weighted by atomic mass is 9.96. The van der Waals surface area contributed by atoms with E-state index in [2.05, 4.69) is 5.10 Å². The van der Waals surface area contributed by atoms with Crippen LogP contribution in [0.4, 0.5) is 18.9 Å². The van der Waals surface area contributed by atoms with Crippen LogP contribution in [0.5, 0.6) is 5.75 Å². The summed E-state index contributed by atoms with van der Waals surface area (Å²) in [5.74, 6) is -0.641. The monoisotopic (exact) mass is 409 g/mol. The fraction of sp³-hybridized carbons (Fsp3) is 0.222. The molecule has 29 heavy (non-hydrogen) atoms. The van der Waals surface area contributed by atoms with Gasteiger partial charge in [0, 0.05) is 23.3 Å². The number of methoxy groups -OCH3 is 1. The van der Waals surface area contributed by atoms with Gasteiger partial charge in [-0.25, -0.2) is 0 Å². The largest absolute Gasteiger partial charge is 0.497 e. The van der Waals surface area contributed by atoms with Gasteiger partial charge in [0.25, 0.3) is 11.6 Å². The third-order valence-corrected chi connectivity index (χ3v) is 4.38. The van der Waals surface area contributed by atoms with Crippen molar-refractivity contribution >= 4 is 17.3 Å². The molecule has 1 aliphatic heterocycles. The topological polar surface area (TPSA) is 105 Å². The van der Waals surface area contributed by atoms with E-state index in [1.807, 2.05) is 0 Å². The molecule has 0 aliphatic carbocycles. The number of non-ortho nitro benzene ring substituents is 1. The molecule has 8 nitrogen and oxygen atoms in total. The number of nitro benzene ring substituents is 1. The number of nitrogens with zero attached hydrogens (tertiary/aromatic N) is 3. The number of aliphatic hydroxyl groups is 1. The van der Waals surface area contributed by atoms with Crippen LogP contribution < -0.4 is 4.74 Å². The van der Waals surface area contributed by atoms with Crippen molar-refractivity contribution < 1.29 is 32.7 Å². The number of benzene rings is 2. The van der Waals surface area contributed by atoms with Gasteiger partial charge < -0.3 is 9.84 Å². The van der Waals surface area contributed by atoms with Crippen molar-refractivity contribution in [2.75, 3.05) is 7.11 Å². The Morgan fingerprint density at radius 2 is 1.79 bits per heavy atom. The van der Waals surface area contributed by atoms with Crippen LogP contribution in [0.15, 0.2) is 53.6 Å². The maximum Gasteiger partial charge on any atom is 0.431 e. The standard InChI is InChI=1S/C18H14F3N3O5/c1-29-14-8-4-12(5-9-14)17(26)10-15(18(19,20)21)22-23(17)16(25)11-2-6-13(7-3-11)24(27)28/h2-9,26H,10H2,1H3. The van der Waals surface area contributed by atoms with Crippen LogP contribution >= 0.6 is 0 Å². The van der Waals surface area contributed by atoms with Crippen molar-refractivity contribution in [2.45, 2.75) is 18.3 Å². The molecule has 0 bridgehead atoms. The summed E-state index contributed by atoms with van der Waals surface area (Å²) in [5.41, 5.74) is -4.19. The Bertz CT molecular complexity index is 974. The zero-order valence-corrected chi connectivity index (χ0v) is 14.9. The smallest absolute Gasteiger partial charge is 0.431 e. The molecule has 1 unspecified atom stereocenters. The highest BCUT2D eigenvalue weighted by molar-refractivity contribution is 6.00. The van der Waals surface area contributed by atoms with Crippen molar-refractivity contribution in [3.8, 4) is 5.75 Å². The number of alkyl halides is 3. The minimum Gasteiger partial charge on any atom is -0.497 e. The lowest BCUT2D eigenvalue weighted by Crippen LogP contribution is -2.43. The first-order valence-electron chi connectivity index (χ1n) is 8.17. The van der Waals surface area contributed by atoms with Crippen molar-refractivity contribution in [1.29, 1.82) is 0 Å². The van der Waals surface area contributed by atoms with E-state index in [4.69, 9.17) is 4.74 Å². The van der Waals surface area contributed by atoms with Gasteiger partial charge in [0.15, 0.2) is 5.72 Å². The maximum atomic E-state index is 13.2. The van der Waals surface area contributed by atoms with Crippen LogP contribution in [0.25, 0.3) is 0 Å². The quantitative estimate of drug-likeness (QED) is 0.617. The molecule has 11 heteroatoms. The van der Waals surface area contributed by atoms with Crippen LogP contribution in [0.3, 0.4) is 0 Å². The molecule has 0 fully saturated rings. The molecule has 2 aromatic rings. The van der Waals surface area contributed by atoms with Gasteiger partial charge in [-0.2, -0.15) is 23.3 Å². The summed E-state index contributed by atoms with van der Waals surface area (Å²) >= 11 is 0. The third-order valence-electron chi connectivity index (χ3n) is 4.38. The minimum atomic E-state index is -4.86. The molecular weight excluding hydrogens is 395 g/mol. The fourth-order valence-corrected chi connectivity index (χ4v) is 2.85. The molecule has 0 aromatic heterocycles. The van der Waals surface area contributed by atoms with E-state index in [1.54, 1.807) is 0 Å². The number of nitro groups is 1. The number of carbonyl (C=O) groups excluding carboxylic acids is 1. The van der Waals surface area contributed by atoms with Crippen LogP contribution in [0.2, 0.25) is 0 Å². The lowest BCUT2D eigenvalue weighted by Gasteiger charge is -2.31. The van der Waals surface area contributed by atoms with Gasteiger partial charge in [-0.1, -0.05) is 12.1 Å². The highest BCUT2D eigenvalue weighted by Crippen LogP contribution is 2.40. The van der Waals surface area contributed by atoms with Crippen LogP contribution in [0, 0.1) is 10.1 Å². The van der Waals surface area contributed by atoms with E-state index < -0.39 is 34.9 Å². The second-order valence-electron chi connectivity index (χ2n) is 6.19. The van der Waals surface area contributed by atoms with Gasteiger partial charge in [-0.3, -0.25) is 14.9 Å². The molecule has 2 aromatic carbocycles. The first-order valence-corrected chi connectivity index (χ1v) is 8.17. The van der Waals surface area contributed by atoms with Crippen molar-refractivity contribution in [3.05, 3.63) is 69.8 Å². The lowest BCUT2D eigenvalue weighted by molar-refractivity contribution is -0.384. The minimum absolute atomic E-state index is 0.00318. The Hall–Kier alpha value is -3.47. The second kappa shape index (κ2) is 7.17. The Morgan fingerprint density at radius 3 is 2.28 bits per heavy atom. The molecular formula is C18H14F3N3O5. The molecule has 0 saturated carbocycles. The van der Waals surface area contributed by atoms with Gasteiger partial charge in [0.05, 0.1) is 18.5 Å². The van der Waals surface area contributed by atoms with Crippen molar-refractivity contribution in [1.82, 2.24) is 5.01 Å². The van der Waals surface area contributed by atoms with E-state index in [0.717, 1.165) is 24.3 Å². The SMILES string of the molecule is COc1ccc(C2(O)CC(C(F)(F)F)=NN2C(=O)c2ccc([N+](=O)[O-])cc2)cc1. The molecule has 3 rings (SSSR count). The summed E-state index contributed by atoms with van der Waals surface area (Å²) in [4.78, 5) is 22.9. The summed E-state index contributed by atoms with van der Waals surface area (Å²) in [6.07, 6.45) is -5.83. The number of hydrogen-bond acceptors (Lipinski definition) is 6. The van der Waals surface area contributed by atoms with Gasteiger partial charge in [0.1, 0.15) is 11.5 Å². The normalized spacial score (nSPS) is 19.1. The highest BCUT2D eigenvalue weighted by Gasteiger charge is 2.53. The first kappa shape index (κ1) is 20.3. The van der Waals surface area contributed by atoms with E-state index in [-0.39, 0.29) is 16.8 Å². The van der Waals surface area contributed by atoms with Crippen LogP contribution in [-0.4, -0.2) is 39.9 Å². The predicted octanol–water partition coefficient (Wildman–Crippen LogP) is 3.21. The summed E-state index contributed by atoms with van der Waals surface area (Å²) in [5, 5.41) is 25.5. The van der Waals surface area contributed by atoms with E-state index >= 15 is 0 Å². The molecule has 1 heterocycles. The summed E-state index contributed by atoms with van der Waals surface area (Å²) < 4.78 is 44.7. The van der Waals surface area contributed by atoms with Gasteiger partial charge >= 0.3 is 6.18 Å². The summed E-state index contributed by atoms with van der Waals surface area (Å²) in [7, 11) is 1.40. The van der Waals surface area contributed by atoms with E-state index in [1.165, 1.54) is 31.4 Å². The Morgan fingerprint density at radius 1 is 1.21 bits per heavy atom. The Labute approximate surface area is 162 Å². The van der Waals surface area contributed by atoms with Gasteiger partial charge in [0.2, 0.25) is 0 Å². The molecule has 1 aliphatic rings. The van der Waals surface area contributed by atoms with Crippen molar-refractivity contribution in [3.63, 3.8) is 0 Å². The summed E-state index contributed by atoms with van der Waals surface area (Å²) in [6, 6.07) is 9.72. The third kappa shape index (κ3) is 3.76. The molecule has 0 radical (unpaired) electrons. The molecule has 1 N–H and O–H groups in total. The van der Waals surface area contributed by atoms with Gasteiger partial charge in [-0.05, 0) is 24.3 Å². The highest BCUT2D eigenvalue weighted by atomic mass is 19.4. The number of halogens is 3. The maximum absolute atomic E-state index is 13.2. The second-order valence-corrected chi connectivity index (χ2v) is 6.19. The number of rotatable bonds is 4. The van der Waals surface area contributed by atoms with E-state index in [0.29, 0.717) is 10.8 Å². The van der Waals surface area contributed by atoms with Crippen molar-refractivity contribution in [2.24, 2.45) is 5.10 Å². The predicted molar refractivity (Wildman–Crippen MR) is 94.3 cm³/mol. The summed E-state index contributed by atoms with van der Waals surface area (Å²) in [6.45, 7) is 0. The first-order chi connectivity index (χ1) is 13.6. The number of ether oxygens (including phenoxy) is 1. The molecule has 1 atom stereocenters. The zero-order chi connectivity index (χ0) is 21.4. The number of carbonyl (C=O) groups is 1. The number of amides is 1. The zero-order valence-electron chi connectivity index (χ0n) is 14.9. The molecule has 152 valence electrons. The Balaban J connectivity index is 2.03. The fourth-order valence-electron chi connectivity index (χ4n) is 2.85. The molecule has 0 spiro atoms. The van der Waals surface area contributed by atoms with Gasteiger partial charge in [-0.15, -0.1) is 0 Å². The average Bonchev–Trinajstić information content (AvgIpc) is 3.06. The van der Waals surface area contributed by atoms with E-state index in [9.17, 15) is 33.2 Å². The van der Waals surface area contributed by atoms with Crippen LogP contribution in [-0.2, 0) is 5.72 Å².